The van der Waals surface area contributed by atoms with Gasteiger partial charge in [-0.15, -0.1) is 0 Å². The van der Waals surface area contributed by atoms with Crippen molar-refractivity contribution >= 4 is 23.2 Å². The van der Waals surface area contributed by atoms with Crippen LogP contribution in [0.1, 0.15) is 16.1 Å². The summed E-state index contributed by atoms with van der Waals surface area (Å²) in [6.45, 7) is 1.79. The largest absolute Gasteiger partial charge is 0.328 e. The standard InChI is InChI=1S/C13H12ClN3O3/c1-7-5-8(14)3-4-9(7)15-12(19)10-6-11(18)17(2)13(20)16-10/h3-6H,1-2H3,(H,15,19)(H,16,20). The van der Waals surface area contributed by atoms with Crippen molar-refractivity contribution in [1.29, 1.82) is 0 Å². The van der Waals surface area contributed by atoms with Crippen molar-refractivity contribution in [2.45, 2.75) is 6.92 Å². The van der Waals surface area contributed by atoms with Gasteiger partial charge < -0.3 is 10.3 Å². The molecule has 0 radical (unpaired) electrons. The second-order valence-corrected chi connectivity index (χ2v) is 4.74. The molecule has 2 N–H and O–H groups in total. The van der Waals surface area contributed by atoms with Gasteiger partial charge in [0.05, 0.1) is 0 Å². The highest BCUT2D eigenvalue weighted by Gasteiger charge is 2.11. The first-order chi connectivity index (χ1) is 9.38. The average molecular weight is 294 g/mol. The Morgan fingerprint density at radius 3 is 2.60 bits per heavy atom. The van der Waals surface area contributed by atoms with Gasteiger partial charge in [0.15, 0.2) is 0 Å². The quantitative estimate of drug-likeness (QED) is 0.875. The van der Waals surface area contributed by atoms with Crippen LogP contribution in [0.25, 0.3) is 0 Å². The van der Waals surface area contributed by atoms with Crippen LogP contribution in [-0.4, -0.2) is 15.5 Å². The van der Waals surface area contributed by atoms with E-state index >= 15 is 0 Å². The zero-order valence-electron chi connectivity index (χ0n) is 10.9. The smallest absolute Gasteiger partial charge is 0.320 e. The van der Waals surface area contributed by atoms with Gasteiger partial charge in [0.2, 0.25) is 0 Å². The van der Waals surface area contributed by atoms with Crippen LogP contribution in [0.2, 0.25) is 5.02 Å². The summed E-state index contributed by atoms with van der Waals surface area (Å²) in [5.41, 5.74) is 0.0487. The number of amides is 1. The SMILES string of the molecule is Cc1cc(Cl)ccc1NC(=O)c1cc(=O)n(C)c(=O)[nH]1. The molecule has 0 spiro atoms. The number of nitrogens with one attached hydrogen (secondary N) is 2. The second-order valence-electron chi connectivity index (χ2n) is 4.30. The topological polar surface area (TPSA) is 84.0 Å². The van der Waals surface area contributed by atoms with Crippen LogP contribution in [0.5, 0.6) is 0 Å². The fourth-order valence-corrected chi connectivity index (χ4v) is 1.86. The van der Waals surface area contributed by atoms with Crippen molar-refractivity contribution in [2.75, 3.05) is 5.32 Å². The summed E-state index contributed by atoms with van der Waals surface area (Å²) in [5, 5.41) is 3.17. The van der Waals surface area contributed by atoms with Gasteiger partial charge in [0.25, 0.3) is 11.5 Å². The molecule has 6 nitrogen and oxygen atoms in total. The Morgan fingerprint density at radius 2 is 2.00 bits per heavy atom. The maximum absolute atomic E-state index is 12.0. The number of rotatable bonds is 2. The van der Waals surface area contributed by atoms with Crippen molar-refractivity contribution in [1.82, 2.24) is 9.55 Å². The molecule has 2 rings (SSSR count). The number of aromatic nitrogens is 2. The number of aryl methyl sites for hydroxylation is 1. The number of carbonyl (C=O) groups excluding carboxylic acids is 1. The van der Waals surface area contributed by atoms with Gasteiger partial charge in [-0.3, -0.25) is 14.2 Å². The van der Waals surface area contributed by atoms with Crippen LogP contribution >= 0.6 is 11.6 Å². The first-order valence-corrected chi connectivity index (χ1v) is 6.14. The average Bonchev–Trinajstić information content (AvgIpc) is 2.38. The summed E-state index contributed by atoms with van der Waals surface area (Å²) in [6.07, 6.45) is 0. The maximum Gasteiger partial charge on any atom is 0.328 e. The number of hydrogen-bond donors (Lipinski definition) is 2. The number of carbonyl (C=O) groups is 1. The van der Waals surface area contributed by atoms with Gasteiger partial charge >= 0.3 is 5.69 Å². The number of aromatic amines is 1. The Kier molecular flexibility index (Phi) is 3.76. The molecule has 1 aromatic carbocycles. The van der Waals surface area contributed by atoms with Crippen LogP contribution in [0.4, 0.5) is 5.69 Å². The van der Waals surface area contributed by atoms with Crippen molar-refractivity contribution in [3.05, 3.63) is 61.4 Å². The van der Waals surface area contributed by atoms with Crippen molar-refractivity contribution in [3.8, 4) is 0 Å². The highest BCUT2D eigenvalue weighted by atomic mass is 35.5. The van der Waals surface area contributed by atoms with E-state index in [-0.39, 0.29) is 5.69 Å². The van der Waals surface area contributed by atoms with E-state index in [1.807, 2.05) is 0 Å². The molecule has 0 atom stereocenters. The van der Waals surface area contributed by atoms with E-state index in [1.54, 1.807) is 25.1 Å². The molecule has 7 heteroatoms. The monoisotopic (exact) mass is 293 g/mol. The predicted molar refractivity (Wildman–Crippen MR) is 76.4 cm³/mol. The van der Waals surface area contributed by atoms with Gasteiger partial charge in [-0.2, -0.15) is 0 Å². The molecule has 2 aromatic rings. The summed E-state index contributed by atoms with van der Waals surface area (Å²) in [4.78, 5) is 37.3. The van der Waals surface area contributed by atoms with E-state index in [9.17, 15) is 14.4 Å². The predicted octanol–water partition coefficient (Wildman–Crippen LogP) is 1.29. The van der Waals surface area contributed by atoms with Crippen LogP contribution in [0, 0.1) is 6.92 Å². The van der Waals surface area contributed by atoms with Crippen molar-refractivity contribution < 1.29 is 4.79 Å². The van der Waals surface area contributed by atoms with Gasteiger partial charge in [0, 0.05) is 23.8 Å². The summed E-state index contributed by atoms with van der Waals surface area (Å²) < 4.78 is 0.879. The van der Waals surface area contributed by atoms with E-state index in [0.29, 0.717) is 10.7 Å². The fourth-order valence-electron chi connectivity index (χ4n) is 1.63. The summed E-state index contributed by atoms with van der Waals surface area (Å²) in [7, 11) is 1.33. The lowest BCUT2D eigenvalue weighted by atomic mass is 10.2. The first-order valence-electron chi connectivity index (χ1n) is 5.76. The molecule has 0 saturated heterocycles. The molecule has 0 bridgehead atoms. The van der Waals surface area contributed by atoms with E-state index in [1.165, 1.54) is 7.05 Å². The van der Waals surface area contributed by atoms with Gasteiger partial charge in [-0.1, -0.05) is 11.6 Å². The molecule has 0 unspecified atom stereocenters. The highest BCUT2D eigenvalue weighted by Crippen LogP contribution is 2.19. The molecular weight excluding hydrogens is 282 g/mol. The summed E-state index contributed by atoms with van der Waals surface area (Å²) in [5.74, 6) is -0.565. The number of nitrogens with zero attached hydrogens (tertiary/aromatic N) is 1. The minimum Gasteiger partial charge on any atom is -0.320 e. The minimum absolute atomic E-state index is 0.0903. The van der Waals surface area contributed by atoms with Crippen LogP contribution in [0.15, 0.2) is 33.9 Å². The fraction of sp³-hybridized carbons (Fsp3) is 0.154. The van der Waals surface area contributed by atoms with E-state index in [0.717, 1.165) is 16.2 Å². The van der Waals surface area contributed by atoms with E-state index in [4.69, 9.17) is 11.6 Å². The lowest BCUT2D eigenvalue weighted by molar-refractivity contribution is 0.102. The lowest BCUT2D eigenvalue weighted by Gasteiger charge is -2.08. The Bertz CT molecular complexity index is 761. The molecule has 0 fully saturated rings. The third-order valence-electron chi connectivity index (χ3n) is 2.83. The molecule has 0 aliphatic rings. The van der Waals surface area contributed by atoms with Crippen LogP contribution in [-0.2, 0) is 7.05 Å². The highest BCUT2D eigenvalue weighted by molar-refractivity contribution is 6.30. The van der Waals surface area contributed by atoms with Gasteiger partial charge in [-0.25, -0.2) is 4.79 Å². The number of hydrogen-bond acceptors (Lipinski definition) is 3. The van der Waals surface area contributed by atoms with Gasteiger partial charge in [-0.05, 0) is 30.7 Å². The van der Waals surface area contributed by atoms with Crippen molar-refractivity contribution in [3.63, 3.8) is 0 Å². The normalized spacial score (nSPS) is 10.3. The summed E-state index contributed by atoms with van der Waals surface area (Å²) in [6, 6.07) is 6.05. The third kappa shape index (κ3) is 2.80. The van der Waals surface area contributed by atoms with Gasteiger partial charge in [0.1, 0.15) is 5.69 Å². The minimum atomic E-state index is -0.643. The lowest BCUT2D eigenvalue weighted by Crippen LogP contribution is -2.34. The zero-order chi connectivity index (χ0) is 14.9. The van der Waals surface area contributed by atoms with Crippen LogP contribution in [0.3, 0.4) is 0 Å². The van der Waals surface area contributed by atoms with E-state index < -0.39 is 17.2 Å². The number of halogens is 1. The van der Waals surface area contributed by atoms with Crippen molar-refractivity contribution in [2.24, 2.45) is 7.05 Å². The summed E-state index contributed by atoms with van der Waals surface area (Å²) >= 11 is 5.83. The molecule has 1 amide bonds. The second kappa shape index (κ2) is 5.34. The first kappa shape index (κ1) is 14.1. The molecule has 0 saturated carbocycles. The maximum atomic E-state index is 12.0. The molecule has 0 aliphatic heterocycles. The van der Waals surface area contributed by atoms with Crippen LogP contribution < -0.4 is 16.6 Å². The molecular formula is C13H12ClN3O3. The molecule has 0 aliphatic carbocycles. The molecule has 1 heterocycles. The Hall–Kier alpha value is -2.34. The Morgan fingerprint density at radius 1 is 1.30 bits per heavy atom. The zero-order valence-corrected chi connectivity index (χ0v) is 11.6. The number of anilines is 1. The molecule has 1 aromatic heterocycles. The number of benzene rings is 1. The molecule has 20 heavy (non-hydrogen) atoms. The molecule has 104 valence electrons. The third-order valence-corrected chi connectivity index (χ3v) is 3.06. The van der Waals surface area contributed by atoms with E-state index in [2.05, 4.69) is 10.3 Å². The Labute approximate surface area is 119 Å². The number of H-pyrrole nitrogens is 1. The Balaban J connectivity index is 2.33.